The number of rotatable bonds is 3. The van der Waals surface area contributed by atoms with Gasteiger partial charge in [0.05, 0.1) is 13.1 Å². The van der Waals surface area contributed by atoms with Crippen LogP contribution in [0.25, 0.3) is 0 Å². The molecule has 1 atom stereocenters. The summed E-state index contributed by atoms with van der Waals surface area (Å²) >= 11 is 0. The van der Waals surface area contributed by atoms with Crippen LogP contribution >= 0.6 is 0 Å². The zero-order valence-electron chi connectivity index (χ0n) is 8.55. The van der Waals surface area contributed by atoms with E-state index in [4.69, 9.17) is 6.42 Å². The SMILES string of the molecule is C#CCNC(=O)CN1CCNCC1C. The normalized spacial score (nSPS) is 22.7. The molecule has 1 saturated heterocycles. The van der Waals surface area contributed by atoms with Crippen LogP contribution in [0.2, 0.25) is 0 Å². The molecule has 0 aromatic heterocycles. The van der Waals surface area contributed by atoms with Gasteiger partial charge in [-0.05, 0) is 6.92 Å². The molecule has 4 nitrogen and oxygen atoms in total. The minimum Gasteiger partial charge on any atom is -0.344 e. The van der Waals surface area contributed by atoms with Crippen LogP contribution in [0.1, 0.15) is 6.92 Å². The first-order chi connectivity index (χ1) is 6.74. The predicted molar refractivity (Wildman–Crippen MR) is 55.7 cm³/mol. The molecule has 1 amide bonds. The lowest BCUT2D eigenvalue weighted by atomic mass is 10.2. The minimum atomic E-state index is 0.0108. The average Bonchev–Trinajstić information content (AvgIpc) is 2.18. The molecule has 1 aliphatic heterocycles. The van der Waals surface area contributed by atoms with Gasteiger partial charge in [0.2, 0.25) is 5.91 Å². The highest BCUT2D eigenvalue weighted by Crippen LogP contribution is 2.00. The highest BCUT2D eigenvalue weighted by Gasteiger charge is 2.19. The summed E-state index contributed by atoms with van der Waals surface area (Å²) in [7, 11) is 0. The fourth-order valence-corrected chi connectivity index (χ4v) is 1.51. The molecule has 1 aliphatic rings. The topological polar surface area (TPSA) is 44.4 Å². The molecule has 78 valence electrons. The Morgan fingerprint density at radius 1 is 1.79 bits per heavy atom. The zero-order chi connectivity index (χ0) is 10.4. The van der Waals surface area contributed by atoms with Crippen LogP contribution in [0.4, 0.5) is 0 Å². The minimum absolute atomic E-state index is 0.0108. The molecule has 1 rings (SSSR count). The van der Waals surface area contributed by atoms with Gasteiger partial charge >= 0.3 is 0 Å². The third-order valence-corrected chi connectivity index (χ3v) is 2.37. The molecule has 0 aliphatic carbocycles. The van der Waals surface area contributed by atoms with Gasteiger partial charge in [-0.2, -0.15) is 0 Å². The van der Waals surface area contributed by atoms with E-state index in [0.717, 1.165) is 19.6 Å². The van der Waals surface area contributed by atoms with Crippen molar-refractivity contribution in [1.29, 1.82) is 0 Å². The van der Waals surface area contributed by atoms with Crippen LogP contribution in [-0.4, -0.2) is 49.6 Å². The van der Waals surface area contributed by atoms with E-state index >= 15 is 0 Å². The first kappa shape index (κ1) is 11.0. The molecule has 0 aromatic rings. The maximum atomic E-state index is 11.3. The number of hydrogen-bond donors (Lipinski definition) is 2. The summed E-state index contributed by atoms with van der Waals surface area (Å²) in [5.74, 6) is 2.40. The Hall–Kier alpha value is -1.05. The van der Waals surface area contributed by atoms with Crippen LogP contribution in [0, 0.1) is 12.3 Å². The number of carbonyl (C=O) groups excluding carboxylic acids is 1. The van der Waals surface area contributed by atoms with E-state index in [9.17, 15) is 4.79 Å². The molecular weight excluding hydrogens is 178 g/mol. The maximum Gasteiger partial charge on any atom is 0.234 e. The molecule has 0 bridgehead atoms. The Labute approximate surface area is 85.0 Å². The van der Waals surface area contributed by atoms with Crippen LogP contribution < -0.4 is 10.6 Å². The van der Waals surface area contributed by atoms with Crippen LogP contribution in [0.5, 0.6) is 0 Å². The molecule has 1 unspecified atom stereocenters. The second kappa shape index (κ2) is 5.63. The highest BCUT2D eigenvalue weighted by atomic mass is 16.2. The molecule has 14 heavy (non-hydrogen) atoms. The molecule has 1 fully saturated rings. The number of terminal acetylenes is 1. The van der Waals surface area contributed by atoms with Crippen LogP contribution in [-0.2, 0) is 4.79 Å². The van der Waals surface area contributed by atoms with E-state index in [2.05, 4.69) is 28.4 Å². The van der Waals surface area contributed by atoms with Gasteiger partial charge in [-0.25, -0.2) is 0 Å². The summed E-state index contributed by atoms with van der Waals surface area (Å²) in [4.78, 5) is 13.5. The number of nitrogens with one attached hydrogen (secondary N) is 2. The third-order valence-electron chi connectivity index (χ3n) is 2.37. The molecule has 0 spiro atoms. The second-order valence-electron chi connectivity index (χ2n) is 3.50. The zero-order valence-corrected chi connectivity index (χ0v) is 8.55. The van der Waals surface area contributed by atoms with E-state index in [1.807, 2.05) is 0 Å². The number of nitrogens with zero attached hydrogens (tertiary/aromatic N) is 1. The van der Waals surface area contributed by atoms with Gasteiger partial charge in [0.15, 0.2) is 0 Å². The number of amides is 1. The van der Waals surface area contributed by atoms with Gasteiger partial charge in [-0.3, -0.25) is 9.69 Å². The van der Waals surface area contributed by atoms with Gasteiger partial charge in [-0.1, -0.05) is 5.92 Å². The number of carbonyl (C=O) groups is 1. The van der Waals surface area contributed by atoms with Gasteiger partial charge in [0, 0.05) is 25.7 Å². The molecule has 0 saturated carbocycles. The van der Waals surface area contributed by atoms with E-state index in [1.165, 1.54) is 0 Å². The van der Waals surface area contributed by atoms with Crippen molar-refractivity contribution >= 4 is 5.91 Å². The highest BCUT2D eigenvalue weighted by molar-refractivity contribution is 5.78. The molecule has 0 aromatic carbocycles. The Morgan fingerprint density at radius 3 is 3.21 bits per heavy atom. The van der Waals surface area contributed by atoms with E-state index in [-0.39, 0.29) is 5.91 Å². The summed E-state index contributed by atoms with van der Waals surface area (Å²) < 4.78 is 0. The van der Waals surface area contributed by atoms with Gasteiger partial charge in [0.1, 0.15) is 0 Å². The Bertz CT molecular complexity index is 234. The summed E-state index contributed by atoms with van der Waals surface area (Å²) in [5, 5.41) is 5.94. The van der Waals surface area contributed by atoms with Crippen molar-refractivity contribution in [3.05, 3.63) is 0 Å². The van der Waals surface area contributed by atoms with Crippen molar-refractivity contribution in [2.75, 3.05) is 32.7 Å². The largest absolute Gasteiger partial charge is 0.344 e. The van der Waals surface area contributed by atoms with Crippen molar-refractivity contribution < 1.29 is 4.79 Å². The molecular formula is C10H17N3O. The summed E-state index contributed by atoms with van der Waals surface area (Å²) in [6.45, 7) is 5.70. The van der Waals surface area contributed by atoms with E-state index in [0.29, 0.717) is 19.1 Å². The Kier molecular flexibility index (Phi) is 4.44. The second-order valence-corrected chi connectivity index (χ2v) is 3.50. The van der Waals surface area contributed by atoms with Crippen molar-refractivity contribution in [3.63, 3.8) is 0 Å². The Balaban J connectivity index is 2.28. The number of piperazine rings is 1. The lowest BCUT2D eigenvalue weighted by Crippen LogP contribution is -2.52. The maximum absolute atomic E-state index is 11.3. The van der Waals surface area contributed by atoms with Gasteiger partial charge in [-0.15, -0.1) is 6.42 Å². The smallest absolute Gasteiger partial charge is 0.234 e. The lowest BCUT2D eigenvalue weighted by Gasteiger charge is -2.33. The van der Waals surface area contributed by atoms with Gasteiger partial charge in [0.25, 0.3) is 0 Å². The first-order valence-corrected chi connectivity index (χ1v) is 4.89. The summed E-state index contributed by atoms with van der Waals surface area (Å²) in [6.07, 6.45) is 5.05. The van der Waals surface area contributed by atoms with Crippen molar-refractivity contribution in [1.82, 2.24) is 15.5 Å². The standard InChI is InChI=1S/C10H17N3O/c1-3-4-12-10(14)8-13-6-5-11-7-9(13)2/h1,9,11H,4-8H2,2H3,(H,12,14). The monoisotopic (exact) mass is 195 g/mol. The average molecular weight is 195 g/mol. The summed E-state index contributed by atoms with van der Waals surface area (Å²) in [6, 6.07) is 0.417. The molecule has 1 heterocycles. The predicted octanol–water partition coefficient (Wildman–Crippen LogP) is -0.970. The summed E-state index contributed by atoms with van der Waals surface area (Å²) in [5.41, 5.74) is 0. The van der Waals surface area contributed by atoms with Crippen LogP contribution in [0.3, 0.4) is 0 Å². The van der Waals surface area contributed by atoms with Crippen molar-refractivity contribution in [2.24, 2.45) is 0 Å². The van der Waals surface area contributed by atoms with Gasteiger partial charge < -0.3 is 10.6 Å². The van der Waals surface area contributed by atoms with E-state index in [1.54, 1.807) is 0 Å². The Morgan fingerprint density at radius 2 is 2.57 bits per heavy atom. The van der Waals surface area contributed by atoms with Crippen molar-refractivity contribution in [3.8, 4) is 12.3 Å². The van der Waals surface area contributed by atoms with E-state index < -0.39 is 0 Å². The lowest BCUT2D eigenvalue weighted by molar-refractivity contribution is -0.122. The van der Waals surface area contributed by atoms with Crippen LogP contribution in [0.15, 0.2) is 0 Å². The fraction of sp³-hybridized carbons (Fsp3) is 0.700. The quantitative estimate of drug-likeness (QED) is 0.570. The number of hydrogen-bond acceptors (Lipinski definition) is 3. The third kappa shape index (κ3) is 3.36. The molecule has 0 radical (unpaired) electrons. The van der Waals surface area contributed by atoms with Crippen molar-refractivity contribution in [2.45, 2.75) is 13.0 Å². The molecule has 2 N–H and O–H groups in total. The fourth-order valence-electron chi connectivity index (χ4n) is 1.51. The molecule has 4 heteroatoms. The first-order valence-electron chi connectivity index (χ1n) is 4.89.